The van der Waals surface area contributed by atoms with E-state index in [2.05, 4.69) is 4.98 Å². The number of hydrogen-bond donors (Lipinski definition) is 1. The Morgan fingerprint density at radius 2 is 2.17 bits per heavy atom. The molecule has 0 saturated heterocycles. The molecule has 0 aliphatic heterocycles. The van der Waals surface area contributed by atoms with Gasteiger partial charge in [0.15, 0.2) is 0 Å². The highest BCUT2D eigenvalue weighted by Gasteiger charge is 2.45. The van der Waals surface area contributed by atoms with Crippen LogP contribution in [-0.2, 0) is 11.2 Å². The van der Waals surface area contributed by atoms with E-state index in [-0.39, 0.29) is 0 Å². The van der Waals surface area contributed by atoms with Crippen LogP contribution in [0.1, 0.15) is 36.1 Å². The highest BCUT2D eigenvalue weighted by atomic mass is 16.5. The van der Waals surface area contributed by atoms with Crippen LogP contribution in [-0.4, -0.2) is 23.2 Å². The first kappa shape index (κ1) is 12.9. The van der Waals surface area contributed by atoms with E-state index in [1.807, 2.05) is 13.8 Å². The predicted molar refractivity (Wildman–Crippen MR) is 67.9 cm³/mol. The minimum Gasteiger partial charge on any atom is -0.496 e. The highest BCUT2D eigenvalue weighted by molar-refractivity contribution is 5.76. The molecule has 1 heterocycles. The van der Waals surface area contributed by atoms with E-state index in [1.54, 1.807) is 13.3 Å². The molecular weight excluding hydrogens is 230 g/mol. The molecule has 1 aromatic rings. The molecule has 0 bridgehead atoms. The molecule has 0 spiro atoms. The van der Waals surface area contributed by atoms with E-state index < -0.39 is 11.4 Å². The molecule has 98 valence electrons. The third-order valence-electron chi connectivity index (χ3n) is 4.02. The minimum atomic E-state index is -0.700. The van der Waals surface area contributed by atoms with Gasteiger partial charge < -0.3 is 9.84 Å². The van der Waals surface area contributed by atoms with Gasteiger partial charge in [0.1, 0.15) is 5.75 Å². The van der Waals surface area contributed by atoms with Gasteiger partial charge in [0, 0.05) is 29.4 Å². The molecule has 0 amide bonds. The number of methoxy groups -OCH3 is 1. The monoisotopic (exact) mass is 249 g/mol. The van der Waals surface area contributed by atoms with Crippen molar-refractivity contribution in [2.45, 2.75) is 39.5 Å². The fourth-order valence-corrected chi connectivity index (χ4v) is 2.64. The molecule has 1 N–H and O–H groups in total. The van der Waals surface area contributed by atoms with Crippen LogP contribution in [0.2, 0.25) is 0 Å². The largest absolute Gasteiger partial charge is 0.496 e. The fourth-order valence-electron chi connectivity index (χ4n) is 2.64. The summed E-state index contributed by atoms with van der Waals surface area (Å²) in [6.45, 7) is 3.89. The Balaban J connectivity index is 2.32. The number of ether oxygens (including phenoxy) is 1. The molecule has 0 unspecified atom stereocenters. The summed E-state index contributed by atoms with van der Waals surface area (Å²) in [6, 6.07) is 0. The summed E-state index contributed by atoms with van der Waals surface area (Å²) in [4.78, 5) is 15.8. The normalized spacial score (nSPS) is 17.1. The van der Waals surface area contributed by atoms with E-state index in [4.69, 9.17) is 4.74 Å². The Hall–Kier alpha value is -1.58. The van der Waals surface area contributed by atoms with Crippen LogP contribution in [0.25, 0.3) is 0 Å². The first-order valence-corrected chi connectivity index (χ1v) is 6.22. The summed E-state index contributed by atoms with van der Waals surface area (Å²) in [6.07, 6.45) is 4.76. The maximum absolute atomic E-state index is 11.4. The van der Waals surface area contributed by atoms with Crippen molar-refractivity contribution in [2.24, 2.45) is 5.41 Å². The third kappa shape index (κ3) is 1.96. The number of carbonyl (C=O) groups is 1. The zero-order chi connectivity index (χ0) is 13.3. The van der Waals surface area contributed by atoms with Crippen molar-refractivity contribution in [3.63, 3.8) is 0 Å². The van der Waals surface area contributed by atoms with Gasteiger partial charge in [0.25, 0.3) is 0 Å². The molecule has 4 nitrogen and oxygen atoms in total. The number of aryl methyl sites for hydroxylation is 1. The number of aliphatic carboxylic acids is 1. The second kappa shape index (κ2) is 4.59. The summed E-state index contributed by atoms with van der Waals surface area (Å²) in [5.41, 5.74) is 2.19. The van der Waals surface area contributed by atoms with E-state index in [0.29, 0.717) is 6.42 Å². The Labute approximate surface area is 107 Å². The summed E-state index contributed by atoms with van der Waals surface area (Å²) in [5.74, 6) is 0.120. The Kier molecular flexibility index (Phi) is 3.28. The van der Waals surface area contributed by atoms with Gasteiger partial charge >= 0.3 is 5.97 Å². The van der Waals surface area contributed by atoms with E-state index in [1.165, 1.54) is 0 Å². The molecule has 18 heavy (non-hydrogen) atoms. The zero-order valence-corrected chi connectivity index (χ0v) is 11.1. The van der Waals surface area contributed by atoms with Crippen LogP contribution in [0.15, 0.2) is 6.20 Å². The van der Waals surface area contributed by atoms with Crippen molar-refractivity contribution in [1.82, 2.24) is 4.98 Å². The first-order chi connectivity index (χ1) is 8.50. The second-order valence-corrected chi connectivity index (χ2v) is 5.16. The maximum Gasteiger partial charge on any atom is 0.310 e. The van der Waals surface area contributed by atoms with Gasteiger partial charge in [-0.15, -0.1) is 0 Å². The number of hydrogen-bond acceptors (Lipinski definition) is 3. The van der Waals surface area contributed by atoms with Crippen LogP contribution < -0.4 is 4.74 Å². The zero-order valence-electron chi connectivity index (χ0n) is 11.1. The topological polar surface area (TPSA) is 59.4 Å². The molecule has 2 rings (SSSR count). The predicted octanol–water partition coefficient (Wildman–Crippen LogP) is 2.50. The number of rotatable bonds is 4. The Morgan fingerprint density at radius 3 is 2.61 bits per heavy atom. The number of nitrogens with zero attached hydrogens (tertiary/aromatic N) is 1. The van der Waals surface area contributed by atoms with Crippen molar-refractivity contribution < 1.29 is 14.6 Å². The molecule has 4 heteroatoms. The van der Waals surface area contributed by atoms with Gasteiger partial charge in [-0.25, -0.2) is 0 Å². The van der Waals surface area contributed by atoms with E-state index in [9.17, 15) is 9.90 Å². The quantitative estimate of drug-likeness (QED) is 0.890. The van der Waals surface area contributed by atoms with Gasteiger partial charge in [0.05, 0.1) is 12.5 Å². The third-order valence-corrected chi connectivity index (χ3v) is 4.02. The number of carboxylic acids is 1. The van der Waals surface area contributed by atoms with Crippen LogP contribution in [0, 0.1) is 19.3 Å². The summed E-state index contributed by atoms with van der Waals surface area (Å²) in [5, 5.41) is 9.36. The van der Waals surface area contributed by atoms with Gasteiger partial charge in [-0.3, -0.25) is 9.78 Å². The number of aromatic nitrogens is 1. The highest BCUT2D eigenvalue weighted by Crippen LogP contribution is 2.44. The standard InChI is InChI=1S/C14H19NO3/c1-9-8-15-11(10(2)12(9)18-3)7-14(13(16)17)5-4-6-14/h8H,4-7H2,1-3H3,(H,16,17). The molecule has 0 atom stereocenters. The summed E-state index contributed by atoms with van der Waals surface area (Å²) >= 11 is 0. The van der Waals surface area contributed by atoms with Crippen LogP contribution in [0.4, 0.5) is 0 Å². The lowest BCUT2D eigenvalue weighted by Gasteiger charge is -2.37. The summed E-state index contributed by atoms with van der Waals surface area (Å²) in [7, 11) is 1.63. The van der Waals surface area contributed by atoms with Crippen LogP contribution in [0.3, 0.4) is 0 Å². The van der Waals surface area contributed by atoms with E-state index >= 15 is 0 Å². The van der Waals surface area contributed by atoms with Crippen molar-refractivity contribution in [3.05, 3.63) is 23.0 Å². The Morgan fingerprint density at radius 1 is 1.50 bits per heavy atom. The lowest BCUT2D eigenvalue weighted by atomic mass is 9.66. The average molecular weight is 249 g/mol. The van der Waals surface area contributed by atoms with Crippen molar-refractivity contribution in [3.8, 4) is 5.75 Å². The van der Waals surface area contributed by atoms with Gasteiger partial charge in [-0.2, -0.15) is 0 Å². The molecular formula is C14H19NO3. The minimum absolute atomic E-state index is 0.505. The second-order valence-electron chi connectivity index (χ2n) is 5.16. The first-order valence-electron chi connectivity index (χ1n) is 6.22. The average Bonchev–Trinajstić information content (AvgIpc) is 2.26. The fraction of sp³-hybridized carbons (Fsp3) is 0.571. The molecule has 0 aromatic carbocycles. The van der Waals surface area contributed by atoms with Crippen LogP contribution in [0.5, 0.6) is 5.75 Å². The summed E-state index contributed by atoms with van der Waals surface area (Å²) < 4.78 is 5.36. The van der Waals surface area contributed by atoms with Gasteiger partial charge in [0.2, 0.25) is 0 Å². The van der Waals surface area contributed by atoms with Crippen molar-refractivity contribution in [2.75, 3.05) is 7.11 Å². The van der Waals surface area contributed by atoms with Gasteiger partial charge in [-0.05, 0) is 26.7 Å². The van der Waals surface area contributed by atoms with Crippen molar-refractivity contribution in [1.29, 1.82) is 0 Å². The van der Waals surface area contributed by atoms with Gasteiger partial charge in [-0.1, -0.05) is 6.42 Å². The van der Waals surface area contributed by atoms with E-state index in [0.717, 1.165) is 41.8 Å². The maximum atomic E-state index is 11.4. The molecule has 0 radical (unpaired) electrons. The number of carboxylic acid groups (broad SMARTS) is 1. The SMILES string of the molecule is COc1c(C)cnc(CC2(C(=O)O)CCC2)c1C. The molecule has 1 fully saturated rings. The molecule has 1 saturated carbocycles. The van der Waals surface area contributed by atoms with Crippen molar-refractivity contribution >= 4 is 5.97 Å². The Bertz CT molecular complexity index is 478. The molecule has 1 aromatic heterocycles. The molecule has 1 aliphatic rings. The van der Waals surface area contributed by atoms with Crippen LogP contribution >= 0.6 is 0 Å². The lowest BCUT2D eigenvalue weighted by Crippen LogP contribution is -2.40. The lowest BCUT2D eigenvalue weighted by molar-refractivity contribution is -0.154. The smallest absolute Gasteiger partial charge is 0.310 e. The number of pyridine rings is 1. The molecule has 1 aliphatic carbocycles.